The molecular formula is C18H26Cl4N4O. The van der Waals surface area contributed by atoms with E-state index in [1.165, 1.54) is 0 Å². The topological polar surface area (TPSA) is 64.2 Å². The van der Waals surface area contributed by atoms with Crippen LogP contribution in [0.3, 0.4) is 0 Å². The molecule has 1 aromatic heterocycles. The zero-order valence-electron chi connectivity index (χ0n) is 15.1. The van der Waals surface area contributed by atoms with Gasteiger partial charge >= 0.3 is 0 Å². The number of amides is 1. The highest BCUT2D eigenvalue weighted by Crippen LogP contribution is 2.25. The lowest BCUT2D eigenvalue weighted by atomic mass is 9.90. The molecule has 3 rings (SSSR count). The summed E-state index contributed by atoms with van der Waals surface area (Å²) >= 11 is 6.10. The molecule has 5 nitrogen and oxygen atoms in total. The Morgan fingerprint density at radius 2 is 1.93 bits per heavy atom. The number of halogens is 4. The maximum Gasteiger partial charge on any atom is 0.274 e. The molecule has 2 N–H and O–H groups in total. The van der Waals surface area contributed by atoms with Crippen LogP contribution in [0, 0.1) is 0 Å². The van der Waals surface area contributed by atoms with Crippen molar-refractivity contribution in [3.05, 3.63) is 53.1 Å². The number of aromatic nitrogens is 2. The average Bonchev–Trinajstić information content (AvgIpc) is 3.00. The number of carbonyl (C=O) groups is 1. The summed E-state index contributed by atoms with van der Waals surface area (Å²) < 4.78 is 1.79. The SMILES string of the molecule is Cl.Cl.Cl.Cn1cnc(C(=O)N(Cc2cccc(Cl)c2)C2CCC(N)CC2)c1. The molecule has 1 heterocycles. The summed E-state index contributed by atoms with van der Waals surface area (Å²) in [6.45, 7) is 0.538. The number of aryl methyl sites for hydroxylation is 1. The summed E-state index contributed by atoms with van der Waals surface area (Å²) in [6, 6.07) is 8.11. The van der Waals surface area contributed by atoms with Gasteiger partial charge in [0, 0.05) is 36.9 Å². The number of hydrogen-bond donors (Lipinski definition) is 1. The van der Waals surface area contributed by atoms with Crippen LogP contribution >= 0.6 is 48.8 Å². The third-order valence-electron chi connectivity index (χ3n) is 4.61. The van der Waals surface area contributed by atoms with Crippen molar-refractivity contribution in [2.75, 3.05) is 0 Å². The van der Waals surface area contributed by atoms with Gasteiger partial charge in [-0.2, -0.15) is 0 Å². The van der Waals surface area contributed by atoms with Crippen LogP contribution in [-0.4, -0.2) is 32.4 Å². The molecule has 1 aromatic carbocycles. The van der Waals surface area contributed by atoms with Gasteiger partial charge in [-0.1, -0.05) is 23.7 Å². The molecule has 0 aliphatic heterocycles. The van der Waals surface area contributed by atoms with Crippen LogP contribution < -0.4 is 5.73 Å². The number of imidazole rings is 1. The maximum absolute atomic E-state index is 13.0. The van der Waals surface area contributed by atoms with Gasteiger partial charge in [-0.15, -0.1) is 37.2 Å². The monoisotopic (exact) mass is 454 g/mol. The first-order valence-electron chi connectivity index (χ1n) is 8.32. The standard InChI is InChI=1S/C18H23ClN4O.3ClH/c1-22-11-17(21-12-22)18(24)23(16-7-5-15(20)6-8-16)10-13-3-2-4-14(19)9-13;;;/h2-4,9,11-12,15-16H,5-8,10,20H2,1H3;3*1H. The summed E-state index contributed by atoms with van der Waals surface area (Å²) in [7, 11) is 1.87. The third kappa shape index (κ3) is 6.84. The van der Waals surface area contributed by atoms with Gasteiger partial charge < -0.3 is 15.2 Å². The van der Waals surface area contributed by atoms with E-state index >= 15 is 0 Å². The summed E-state index contributed by atoms with van der Waals surface area (Å²) in [6.07, 6.45) is 7.18. The average molecular weight is 456 g/mol. The number of hydrogen-bond acceptors (Lipinski definition) is 3. The van der Waals surface area contributed by atoms with Gasteiger partial charge in [-0.3, -0.25) is 4.79 Å². The molecule has 27 heavy (non-hydrogen) atoms. The van der Waals surface area contributed by atoms with Crippen LogP contribution in [0.1, 0.15) is 41.7 Å². The van der Waals surface area contributed by atoms with E-state index in [0.717, 1.165) is 31.2 Å². The van der Waals surface area contributed by atoms with Crippen molar-refractivity contribution in [2.24, 2.45) is 12.8 Å². The van der Waals surface area contributed by atoms with Crippen molar-refractivity contribution in [3.8, 4) is 0 Å². The Morgan fingerprint density at radius 1 is 1.26 bits per heavy atom. The Hall–Kier alpha value is -0.980. The summed E-state index contributed by atoms with van der Waals surface area (Å²) in [4.78, 5) is 19.2. The van der Waals surface area contributed by atoms with Gasteiger partial charge in [0.2, 0.25) is 0 Å². The normalized spacial score (nSPS) is 18.5. The fourth-order valence-electron chi connectivity index (χ4n) is 3.28. The van der Waals surface area contributed by atoms with E-state index in [9.17, 15) is 4.79 Å². The van der Waals surface area contributed by atoms with Crippen LogP contribution in [-0.2, 0) is 13.6 Å². The summed E-state index contributed by atoms with van der Waals surface area (Å²) in [5.74, 6) is -0.0314. The Kier molecular flexibility index (Phi) is 11.3. The summed E-state index contributed by atoms with van der Waals surface area (Å²) in [5.41, 5.74) is 7.53. The highest BCUT2D eigenvalue weighted by atomic mass is 35.5. The fourth-order valence-corrected chi connectivity index (χ4v) is 3.50. The van der Waals surface area contributed by atoms with Crippen LogP contribution in [0.25, 0.3) is 0 Å². The van der Waals surface area contributed by atoms with Crippen LogP contribution in [0.15, 0.2) is 36.8 Å². The van der Waals surface area contributed by atoms with E-state index in [1.54, 1.807) is 17.1 Å². The number of benzene rings is 1. The Morgan fingerprint density at radius 3 is 2.48 bits per heavy atom. The molecule has 152 valence electrons. The van der Waals surface area contributed by atoms with Crippen LogP contribution in [0.5, 0.6) is 0 Å². The molecule has 0 atom stereocenters. The molecule has 0 unspecified atom stereocenters. The largest absolute Gasteiger partial charge is 0.340 e. The molecule has 1 saturated carbocycles. The molecule has 0 spiro atoms. The van der Waals surface area contributed by atoms with Crippen molar-refractivity contribution < 1.29 is 4.79 Å². The molecule has 0 bridgehead atoms. The molecule has 1 amide bonds. The number of carbonyl (C=O) groups excluding carboxylic acids is 1. The van der Waals surface area contributed by atoms with Gasteiger partial charge in [0.25, 0.3) is 5.91 Å². The van der Waals surface area contributed by atoms with E-state index in [4.69, 9.17) is 17.3 Å². The zero-order valence-corrected chi connectivity index (χ0v) is 18.3. The first kappa shape index (κ1) is 26.0. The van der Waals surface area contributed by atoms with Crippen molar-refractivity contribution in [2.45, 2.75) is 44.3 Å². The highest BCUT2D eigenvalue weighted by molar-refractivity contribution is 6.30. The van der Waals surface area contributed by atoms with E-state index in [0.29, 0.717) is 17.3 Å². The second kappa shape index (κ2) is 11.8. The summed E-state index contributed by atoms with van der Waals surface area (Å²) in [5, 5.41) is 0.684. The van der Waals surface area contributed by atoms with Gasteiger partial charge in [-0.25, -0.2) is 4.98 Å². The lowest BCUT2D eigenvalue weighted by molar-refractivity contribution is 0.0601. The molecule has 1 aliphatic carbocycles. The first-order chi connectivity index (χ1) is 11.5. The molecule has 0 radical (unpaired) electrons. The number of rotatable bonds is 4. The molecule has 9 heteroatoms. The first-order valence-corrected chi connectivity index (χ1v) is 8.69. The highest BCUT2D eigenvalue weighted by Gasteiger charge is 2.29. The van der Waals surface area contributed by atoms with Gasteiger partial charge in [0.15, 0.2) is 0 Å². The van der Waals surface area contributed by atoms with Crippen molar-refractivity contribution in [1.29, 1.82) is 0 Å². The van der Waals surface area contributed by atoms with Crippen LogP contribution in [0.2, 0.25) is 5.02 Å². The van der Waals surface area contributed by atoms with E-state index < -0.39 is 0 Å². The van der Waals surface area contributed by atoms with Gasteiger partial charge in [0.05, 0.1) is 6.33 Å². The second-order valence-corrected chi connectivity index (χ2v) is 6.99. The Bertz CT molecular complexity index is 717. The quantitative estimate of drug-likeness (QED) is 0.749. The van der Waals surface area contributed by atoms with E-state index in [1.807, 2.05) is 36.2 Å². The van der Waals surface area contributed by atoms with Crippen molar-refractivity contribution in [1.82, 2.24) is 14.5 Å². The number of nitrogens with zero attached hydrogens (tertiary/aromatic N) is 3. The molecule has 2 aromatic rings. The van der Waals surface area contributed by atoms with Crippen molar-refractivity contribution in [3.63, 3.8) is 0 Å². The number of nitrogens with two attached hydrogens (primary N) is 1. The molecule has 1 aliphatic rings. The minimum absolute atomic E-state index is 0. The fraction of sp³-hybridized carbons (Fsp3) is 0.444. The lowest BCUT2D eigenvalue weighted by Crippen LogP contribution is -2.44. The minimum atomic E-state index is -0.0314. The maximum atomic E-state index is 13.0. The Balaban J connectivity index is 0.00000225. The molecule has 1 fully saturated rings. The zero-order chi connectivity index (χ0) is 17.1. The van der Waals surface area contributed by atoms with E-state index in [2.05, 4.69) is 4.98 Å². The Labute approximate surface area is 183 Å². The van der Waals surface area contributed by atoms with E-state index in [-0.39, 0.29) is 55.2 Å². The van der Waals surface area contributed by atoms with Gasteiger partial charge in [0.1, 0.15) is 5.69 Å². The predicted molar refractivity (Wildman–Crippen MR) is 117 cm³/mol. The van der Waals surface area contributed by atoms with Crippen molar-refractivity contribution >= 4 is 54.7 Å². The molecular weight excluding hydrogens is 430 g/mol. The second-order valence-electron chi connectivity index (χ2n) is 6.56. The van der Waals surface area contributed by atoms with Gasteiger partial charge in [-0.05, 0) is 43.4 Å². The third-order valence-corrected chi connectivity index (χ3v) is 4.84. The minimum Gasteiger partial charge on any atom is -0.340 e. The molecule has 0 saturated heterocycles. The van der Waals surface area contributed by atoms with Crippen LogP contribution in [0.4, 0.5) is 0 Å². The predicted octanol–water partition coefficient (Wildman–Crippen LogP) is 4.25. The lowest BCUT2D eigenvalue weighted by Gasteiger charge is -2.36. The smallest absolute Gasteiger partial charge is 0.274 e.